The van der Waals surface area contributed by atoms with Crippen LogP contribution < -0.4 is 15.6 Å². The highest BCUT2D eigenvalue weighted by Crippen LogP contribution is 2.24. The van der Waals surface area contributed by atoms with E-state index in [1.54, 1.807) is 0 Å². The van der Waals surface area contributed by atoms with Gasteiger partial charge in [0.2, 0.25) is 5.91 Å². The molecule has 2 heterocycles. The minimum absolute atomic E-state index is 0.00550. The Bertz CT molecular complexity index is 1360. The normalized spacial score (nSPS) is 14.6. The fourth-order valence-electron chi connectivity index (χ4n) is 4.89. The lowest BCUT2D eigenvalue weighted by Gasteiger charge is -2.35. The van der Waals surface area contributed by atoms with Gasteiger partial charge in [-0.25, -0.2) is 0 Å². The molecule has 4 aromatic rings. The SMILES string of the molecule is CCN1CCN(c2ccc(NC(=O)Cn3c4ccccc4c(=O)c4ccccc43)c(C)c2)CC1. The molecule has 3 aromatic carbocycles. The number of rotatable bonds is 5. The zero-order chi connectivity index (χ0) is 23.7. The van der Waals surface area contributed by atoms with Crippen LogP contribution in [0, 0.1) is 6.92 Å². The second-order valence-electron chi connectivity index (χ2n) is 8.92. The molecule has 6 nitrogen and oxygen atoms in total. The van der Waals surface area contributed by atoms with Crippen molar-refractivity contribution >= 4 is 39.1 Å². The van der Waals surface area contributed by atoms with E-state index in [-0.39, 0.29) is 17.9 Å². The minimum atomic E-state index is -0.119. The van der Waals surface area contributed by atoms with Crippen molar-refractivity contribution in [3.05, 3.63) is 82.5 Å². The van der Waals surface area contributed by atoms with Crippen LogP contribution in [0.4, 0.5) is 11.4 Å². The highest BCUT2D eigenvalue weighted by molar-refractivity contribution is 5.97. The summed E-state index contributed by atoms with van der Waals surface area (Å²) in [5.74, 6) is -0.119. The minimum Gasteiger partial charge on any atom is -0.369 e. The van der Waals surface area contributed by atoms with Gasteiger partial charge in [-0.15, -0.1) is 0 Å². The van der Waals surface area contributed by atoms with Gasteiger partial charge in [-0.05, 0) is 61.5 Å². The summed E-state index contributed by atoms with van der Waals surface area (Å²) in [5, 5.41) is 4.33. The first-order valence-electron chi connectivity index (χ1n) is 11.9. The quantitative estimate of drug-likeness (QED) is 0.458. The molecule has 0 atom stereocenters. The zero-order valence-corrected chi connectivity index (χ0v) is 19.8. The van der Waals surface area contributed by atoms with Gasteiger partial charge in [0.15, 0.2) is 5.43 Å². The molecule has 0 aliphatic carbocycles. The number of carbonyl (C=O) groups excluding carboxylic acids is 1. The first-order valence-corrected chi connectivity index (χ1v) is 11.9. The van der Waals surface area contributed by atoms with Crippen molar-refractivity contribution in [2.45, 2.75) is 20.4 Å². The van der Waals surface area contributed by atoms with Crippen LogP contribution in [0.5, 0.6) is 0 Å². The molecule has 1 amide bonds. The Labute approximate surface area is 199 Å². The van der Waals surface area contributed by atoms with E-state index in [0.29, 0.717) is 10.8 Å². The topological polar surface area (TPSA) is 57.6 Å². The Morgan fingerprint density at radius 3 is 2.09 bits per heavy atom. The van der Waals surface area contributed by atoms with Gasteiger partial charge in [-0.3, -0.25) is 9.59 Å². The lowest BCUT2D eigenvalue weighted by atomic mass is 10.1. The molecule has 1 fully saturated rings. The van der Waals surface area contributed by atoms with Crippen molar-refractivity contribution in [2.24, 2.45) is 0 Å². The van der Waals surface area contributed by atoms with E-state index in [4.69, 9.17) is 0 Å². The number of hydrogen-bond acceptors (Lipinski definition) is 4. The fourth-order valence-corrected chi connectivity index (χ4v) is 4.89. The number of aromatic nitrogens is 1. The molecular weight excluding hydrogens is 424 g/mol. The van der Waals surface area contributed by atoms with E-state index in [2.05, 4.69) is 34.2 Å². The van der Waals surface area contributed by atoms with Gasteiger partial charge in [-0.1, -0.05) is 31.2 Å². The fraction of sp³-hybridized carbons (Fsp3) is 0.286. The van der Waals surface area contributed by atoms with E-state index in [9.17, 15) is 9.59 Å². The summed E-state index contributed by atoms with van der Waals surface area (Å²) in [6, 6.07) is 21.2. The number of fused-ring (bicyclic) bond motifs is 2. The molecule has 174 valence electrons. The van der Waals surface area contributed by atoms with E-state index in [0.717, 1.165) is 55.0 Å². The lowest BCUT2D eigenvalue weighted by molar-refractivity contribution is -0.116. The summed E-state index contributed by atoms with van der Waals surface area (Å²) >= 11 is 0. The summed E-state index contributed by atoms with van der Waals surface area (Å²) in [6.07, 6.45) is 0. The first-order chi connectivity index (χ1) is 16.5. The maximum absolute atomic E-state index is 13.1. The number of pyridine rings is 1. The smallest absolute Gasteiger partial charge is 0.244 e. The highest BCUT2D eigenvalue weighted by atomic mass is 16.2. The van der Waals surface area contributed by atoms with Crippen LogP contribution in [-0.4, -0.2) is 48.1 Å². The Morgan fingerprint density at radius 1 is 0.882 bits per heavy atom. The van der Waals surface area contributed by atoms with Crippen LogP contribution in [0.2, 0.25) is 0 Å². The van der Waals surface area contributed by atoms with Crippen LogP contribution in [0.15, 0.2) is 71.5 Å². The van der Waals surface area contributed by atoms with Crippen molar-refractivity contribution < 1.29 is 4.79 Å². The molecule has 0 bridgehead atoms. The van der Waals surface area contributed by atoms with Gasteiger partial charge in [0, 0.05) is 48.3 Å². The monoisotopic (exact) mass is 454 g/mol. The molecule has 5 rings (SSSR count). The molecule has 0 spiro atoms. The molecule has 34 heavy (non-hydrogen) atoms. The molecule has 6 heteroatoms. The average molecular weight is 455 g/mol. The highest BCUT2D eigenvalue weighted by Gasteiger charge is 2.17. The number of likely N-dealkylation sites (N-methyl/N-ethyl adjacent to an activating group) is 1. The molecule has 1 aromatic heterocycles. The first kappa shape index (κ1) is 22.2. The van der Waals surface area contributed by atoms with Crippen LogP contribution in [0.1, 0.15) is 12.5 Å². The Kier molecular flexibility index (Phi) is 6.07. The Morgan fingerprint density at radius 2 is 1.50 bits per heavy atom. The molecule has 1 saturated heterocycles. The molecular formula is C28H30N4O2. The Balaban J connectivity index is 1.39. The number of para-hydroxylation sites is 2. The van der Waals surface area contributed by atoms with Crippen molar-refractivity contribution in [1.29, 1.82) is 0 Å². The van der Waals surface area contributed by atoms with E-state index in [1.807, 2.05) is 66.1 Å². The van der Waals surface area contributed by atoms with Crippen molar-refractivity contribution in [3.63, 3.8) is 0 Å². The summed E-state index contributed by atoms with van der Waals surface area (Å²) in [5.41, 5.74) is 4.57. The number of piperazine rings is 1. The van der Waals surface area contributed by atoms with Crippen LogP contribution in [-0.2, 0) is 11.3 Å². The van der Waals surface area contributed by atoms with Gasteiger partial charge >= 0.3 is 0 Å². The van der Waals surface area contributed by atoms with Crippen LogP contribution in [0.25, 0.3) is 21.8 Å². The third-order valence-electron chi connectivity index (χ3n) is 6.85. The Hall–Kier alpha value is -3.64. The van der Waals surface area contributed by atoms with Gasteiger partial charge in [-0.2, -0.15) is 0 Å². The van der Waals surface area contributed by atoms with Gasteiger partial charge < -0.3 is 19.7 Å². The number of hydrogen-bond donors (Lipinski definition) is 1. The molecule has 0 radical (unpaired) electrons. The van der Waals surface area contributed by atoms with Gasteiger partial charge in [0.05, 0.1) is 11.0 Å². The van der Waals surface area contributed by atoms with Gasteiger partial charge in [0.25, 0.3) is 0 Å². The number of nitrogens with zero attached hydrogens (tertiary/aromatic N) is 3. The number of anilines is 2. The summed E-state index contributed by atoms with van der Waals surface area (Å²) in [4.78, 5) is 30.9. The number of nitrogens with one attached hydrogen (secondary N) is 1. The summed E-state index contributed by atoms with van der Waals surface area (Å²) in [6.45, 7) is 9.66. The summed E-state index contributed by atoms with van der Waals surface area (Å²) < 4.78 is 1.93. The van der Waals surface area contributed by atoms with Crippen molar-refractivity contribution in [2.75, 3.05) is 42.9 Å². The molecule has 0 unspecified atom stereocenters. The zero-order valence-electron chi connectivity index (χ0n) is 19.8. The van der Waals surface area contributed by atoms with Crippen LogP contribution >= 0.6 is 0 Å². The number of carbonyl (C=O) groups is 1. The molecule has 1 aliphatic rings. The number of aryl methyl sites for hydroxylation is 1. The maximum Gasteiger partial charge on any atom is 0.244 e. The second kappa shape index (κ2) is 9.31. The maximum atomic E-state index is 13.1. The van der Waals surface area contributed by atoms with E-state index in [1.165, 1.54) is 5.69 Å². The second-order valence-corrected chi connectivity index (χ2v) is 8.92. The van der Waals surface area contributed by atoms with E-state index < -0.39 is 0 Å². The number of benzene rings is 3. The average Bonchev–Trinajstić information content (AvgIpc) is 2.88. The predicted octanol–water partition coefficient (Wildman–Crippen LogP) is 4.24. The van der Waals surface area contributed by atoms with E-state index >= 15 is 0 Å². The van der Waals surface area contributed by atoms with Gasteiger partial charge in [0.1, 0.15) is 6.54 Å². The standard InChI is InChI=1S/C28H30N4O2/c1-3-30-14-16-31(17-15-30)21-12-13-24(20(2)18-21)29-27(33)19-32-25-10-6-4-8-22(25)28(34)23-9-5-7-11-26(23)32/h4-13,18H,3,14-17,19H2,1-2H3,(H,29,33). The van der Waals surface area contributed by atoms with Crippen molar-refractivity contribution in [1.82, 2.24) is 9.47 Å². The summed E-state index contributed by atoms with van der Waals surface area (Å²) in [7, 11) is 0. The third-order valence-corrected chi connectivity index (χ3v) is 6.85. The third kappa shape index (κ3) is 4.17. The number of amides is 1. The molecule has 1 N–H and O–H groups in total. The lowest BCUT2D eigenvalue weighted by Crippen LogP contribution is -2.46. The van der Waals surface area contributed by atoms with Crippen LogP contribution in [0.3, 0.4) is 0 Å². The predicted molar refractivity (Wildman–Crippen MR) is 140 cm³/mol. The molecule has 0 saturated carbocycles. The van der Waals surface area contributed by atoms with Crippen molar-refractivity contribution in [3.8, 4) is 0 Å². The molecule has 1 aliphatic heterocycles. The largest absolute Gasteiger partial charge is 0.369 e.